The number of fused-ring (bicyclic) bond motifs is 1. The highest BCUT2D eigenvalue weighted by atomic mass is 16.5. The molecule has 2 aromatic rings. The molecule has 0 bridgehead atoms. The van der Waals surface area contributed by atoms with E-state index in [0.717, 1.165) is 76.3 Å². The summed E-state index contributed by atoms with van der Waals surface area (Å²) < 4.78 is 11.0. The van der Waals surface area contributed by atoms with Gasteiger partial charge in [-0.1, -0.05) is 50.7 Å². The molecule has 0 unspecified atom stereocenters. The fourth-order valence-electron chi connectivity index (χ4n) is 6.65. The second-order valence-corrected chi connectivity index (χ2v) is 11.1. The van der Waals surface area contributed by atoms with Gasteiger partial charge in [-0.05, 0) is 74.6 Å². The lowest BCUT2D eigenvalue weighted by atomic mass is 9.77. The second-order valence-electron chi connectivity index (χ2n) is 11.1. The number of likely N-dealkylation sites (tertiary alicyclic amines) is 1. The summed E-state index contributed by atoms with van der Waals surface area (Å²) in [6, 6.07) is 8.87. The Morgan fingerprint density at radius 2 is 2.00 bits per heavy atom. The van der Waals surface area contributed by atoms with Gasteiger partial charge in [0.15, 0.2) is 0 Å². The Morgan fingerprint density at radius 1 is 1.14 bits per heavy atom. The van der Waals surface area contributed by atoms with Crippen LogP contribution in [0.2, 0.25) is 0 Å². The van der Waals surface area contributed by atoms with E-state index in [-0.39, 0.29) is 12.1 Å². The van der Waals surface area contributed by atoms with Crippen LogP contribution < -0.4 is 10.6 Å². The van der Waals surface area contributed by atoms with E-state index in [1.54, 1.807) is 13.4 Å². The van der Waals surface area contributed by atoms with E-state index in [4.69, 9.17) is 9.15 Å². The van der Waals surface area contributed by atoms with Crippen molar-refractivity contribution in [3.05, 3.63) is 36.1 Å². The second kappa shape index (κ2) is 14.0. The highest BCUT2D eigenvalue weighted by molar-refractivity contribution is 5.81. The molecule has 1 aromatic heterocycles. The van der Waals surface area contributed by atoms with Gasteiger partial charge in [-0.15, -0.1) is 0 Å². The van der Waals surface area contributed by atoms with E-state index in [9.17, 15) is 4.79 Å². The quantitative estimate of drug-likeness (QED) is 0.337. The number of amides is 2. The standard InChI is InChI=1S/C30H47N3O3/c1-31-21-25(20-23-10-4-3-5-11-23)32-30(34)33-17-9-12-24(22-33)26(13-6-7-18-35-2)27-14-8-15-29-28(27)16-19-36-29/h8,14-16,19,23-26,31H,3-7,9-13,17-18,20-22H2,1-2H3,(H,32,34)/t24-,25+,26-/m1/s1. The number of furan rings is 1. The number of nitrogens with zero attached hydrogens (tertiary/aromatic N) is 1. The molecule has 6 nitrogen and oxygen atoms in total. The minimum Gasteiger partial charge on any atom is -0.464 e. The van der Waals surface area contributed by atoms with Gasteiger partial charge in [-0.2, -0.15) is 0 Å². The SMILES string of the molecule is CNC[C@H](CC1CCCCC1)NC(=O)N1CCC[C@@H]([C@@H](CCCCOC)c2cccc3occc23)C1. The van der Waals surface area contributed by atoms with E-state index in [1.807, 2.05) is 7.05 Å². The summed E-state index contributed by atoms with van der Waals surface area (Å²) in [5.74, 6) is 1.61. The molecule has 2 fully saturated rings. The summed E-state index contributed by atoms with van der Waals surface area (Å²) in [6.45, 7) is 3.31. The minimum atomic E-state index is 0.121. The fraction of sp³-hybridized carbons (Fsp3) is 0.700. The molecule has 1 aliphatic heterocycles. The molecule has 2 N–H and O–H groups in total. The van der Waals surface area contributed by atoms with Gasteiger partial charge in [0.1, 0.15) is 5.58 Å². The third-order valence-corrected chi connectivity index (χ3v) is 8.48. The third-order valence-electron chi connectivity index (χ3n) is 8.48. The zero-order chi connectivity index (χ0) is 25.2. The lowest BCUT2D eigenvalue weighted by molar-refractivity contribution is 0.147. The molecule has 1 aliphatic carbocycles. The number of piperidine rings is 1. The molecule has 2 aliphatic rings. The van der Waals surface area contributed by atoms with E-state index in [2.05, 4.69) is 39.8 Å². The number of hydrogen-bond donors (Lipinski definition) is 2. The van der Waals surface area contributed by atoms with Gasteiger partial charge in [-0.25, -0.2) is 4.79 Å². The van der Waals surface area contributed by atoms with Crippen LogP contribution in [-0.2, 0) is 4.74 Å². The lowest BCUT2D eigenvalue weighted by Gasteiger charge is -2.38. The van der Waals surface area contributed by atoms with Crippen molar-refractivity contribution in [2.45, 2.75) is 82.6 Å². The number of urea groups is 1. The fourth-order valence-corrected chi connectivity index (χ4v) is 6.65. The summed E-state index contributed by atoms with van der Waals surface area (Å²) in [7, 11) is 3.76. The average Bonchev–Trinajstić information content (AvgIpc) is 3.39. The summed E-state index contributed by atoms with van der Waals surface area (Å²) in [6.07, 6.45) is 15.1. The molecule has 2 heterocycles. The predicted octanol–water partition coefficient (Wildman–Crippen LogP) is 6.31. The Morgan fingerprint density at radius 3 is 2.81 bits per heavy atom. The molecule has 3 atom stereocenters. The summed E-state index contributed by atoms with van der Waals surface area (Å²) in [5.41, 5.74) is 2.33. The predicted molar refractivity (Wildman–Crippen MR) is 146 cm³/mol. The third kappa shape index (κ3) is 7.25. The molecule has 2 amide bonds. The van der Waals surface area contributed by atoms with Crippen molar-refractivity contribution < 1.29 is 13.9 Å². The summed E-state index contributed by atoms with van der Waals surface area (Å²) >= 11 is 0. The van der Waals surface area contributed by atoms with E-state index >= 15 is 0 Å². The Labute approximate surface area is 217 Å². The van der Waals surface area contributed by atoms with E-state index in [0.29, 0.717) is 11.8 Å². The van der Waals surface area contributed by atoms with Crippen molar-refractivity contribution in [2.24, 2.45) is 11.8 Å². The van der Waals surface area contributed by atoms with Gasteiger partial charge in [0.25, 0.3) is 0 Å². The van der Waals surface area contributed by atoms with Crippen LogP contribution in [0.25, 0.3) is 11.0 Å². The van der Waals surface area contributed by atoms with Gasteiger partial charge in [0.2, 0.25) is 0 Å². The zero-order valence-corrected chi connectivity index (χ0v) is 22.5. The van der Waals surface area contributed by atoms with Crippen LogP contribution in [0, 0.1) is 11.8 Å². The van der Waals surface area contributed by atoms with Crippen LogP contribution >= 0.6 is 0 Å². The van der Waals surface area contributed by atoms with Crippen molar-refractivity contribution >= 4 is 17.0 Å². The van der Waals surface area contributed by atoms with Crippen LogP contribution in [0.1, 0.15) is 82.1 Å². The Balaban J connectivity index is 1.43. The van der Waals surface area contributed by atoms with Gasteiger partial charge < -0.3 is 24.7 Å². The normalized spacial score (nSPS) is 20.9. The largest absolute Gasteiger partial charge is 0.464 e. The first kappa shape index (κ1) is 27.0. The Bertz CT molecular complexity index is 923. The molecule has 1 saturated carbocycles. The number of ether oxygens (including phenoxy) is 1. The first-order valence-corrected chi connectivity index (χ1v) is 14.3. The molecule has 4 rings (SSSR count). The maximum Gasteiger partial charge on any atom is 0.317 e. The molecular formula is C30H47N3O3. The van der Waals surface area contributed by atoms with Gasteiger partial charge >= 0.3 is 6.03 Å². The molecule has 6 heteroatoms. The number of rotatable bonds is 12. The highest BCUT2D eigenvalue weighted by Crippen LogP contribution is 2.39. The number of carbonyl (C=O) groups is 1. The number of likely N-dealkylation sites (N-methyl/N-ethyl adjacent to an activating group) is 1. The molecule has 1 saturated heterocycles. The monoisotopic (exact) mass is 497 g/mol. The number of unbranched alkanes of at least 4 members (excludes halogenated alkanes) is 1. The number of benzene rings is 1. The smallest absolute Gasteiger partial charge is 0.317 e. The van der Waals surface area contributed by atoms with Gasteiger partial charge in [0, 0.05) is 44.8 Å². The minimum absolute atomic E-state index is 0.121. The molecule has 0 radical (unpaired) electrons. The Kier molecular flexibility index (Phi) is 10.5. The lowest BCUT2D eigenvalue weighted by Crippen LogP contribution is -2.51. The molecule has 1 aromatic carbocycles. The first-order chi connectivity index (χ1) is 17.7. The Hall–Kier alpha value is -2.05. The summed E-state index contributed by atoms with van der Waals surface area (Å²) in [5, 5.41) is 7.94. The number of methoxy groups -OCH3 is 1. The molecule has 0 spiro atoms. The van der Waals surface area contributed by atoms with Crippen molar-refractivity contribution in [3.8, 4) is 0 Å². The zero-order valence-electron chi connectivity index (χ0n) is 22.5. The van der Waals surface area contributed by atoms with E-state index in [1.165, 1.54) is 43.1 Å². The number of nitrogens with one attached hydrogen (secondary N) is 2. The molecule has 200 valence electrons. The average molecular weight is 498 g/mol. The maximum atomic E-state index is 13.5. The van der Waals surface area contributed by atoms with Gasteiger partial charge in [0.05, 0.1) is 6.26 Å². The first-order valence-electron chi connectivity index (χ1n) is 14.3. The molecular weight excluding hydrogens is 450 g/mol. The van der Waals surface area contributed by atoms with Crippen LogP contribution in [0.3, 0.4) is 0 Å². The van der Waals surface area contributed by atoms with Crippen molar-refractivity contribution in [3.63, 3.8) is 0 Å². The number of carbonyl (C=O) groups excluding carboxylic acids is 1. The number of hydrogen-bond acceptors (Lipinski definition) is 4. The summed E-state index contributed by atoms with van der Waals surface area (Å²) in [4.78, 5) is 15.5. The topological polar surface area (TPSA) is 66.7 Å². The van der Waals surface area contributed by atoms with Gasteiger partial charge in [-0.3, -0.25) is 0 Å². The molecule has 36 heavy (non-hydrogen) atoms. The van der Waals surface area contributed by atoms with E-state index < -0.39 is 0 Å². The highest BCUT2D eigenvalue weighted by Gasteiger charge is 2.32. The van der Waals surface area contributed by atoms with Crippen LogP contribution in [0.5, 0.6) is 0 Å². The van der Waals surface area contributed by atoms with Crippen LogP contribution in [0.4, 0.5) is 4.79 Å². The van der Waals surface area contributed by atoms with Crippen LogP contribution in [0.15, 0.2) is 34.9 Å². The van der Waals surface area contributed by atoms with Crippen LogP contribution in [-0.4, -0.2) is 57.4 Å². The van der Waals surface area contributed by atoms with Crippen molar-refractivity contribution in [1.82, 2.24) is 15.5 Å². The maximum absolute atomic E-state index is 13.5. The van der Waals surface area contributed by atoms with Crippen molar-refractivity contribution in [2.75, 3.05) is 40.4 Å². The van der Waals surface area contributed by atoms with Crippen molar-refractivity contribution in [1.29, 1.82) is 0 Å².